The van der Waals surface area contributed by atoms with E-state index >= 15 is 0 Å². The molecule has 8 heteroatoms. The van der Waals surface area contributed by atoms with Gasteiger partial charge in [-0.3, -0.25) is 9.59 Å². The second-order valence-corrected chi connectivity index (χ2v) is 8.36. The zero-order valence-corrected chi connectivity index (χ0v) is 16.0. The van der Waals surface area contributed by atoms with E-state index in [1.807, 2.05) is 0 Å². The zero-order chi connectivity index (χ0) is 20.2. The maximum absolute atomic E-state index is 12.7. The van der Waals surface area contributed by atoms with Crippen LogP contribution < -0.4 is 0 Å². The van der Waals surface area contributed by atoms with Crippen molar-refractivity contribution >= 4 is 23.9 Å². The third-order valence-corrected chi connectivity index (χ3v) is 5.26. The van der Waals surface area contributed by atoms with Crippen LogP contribution in [0.4, 0.5) is 4.79 Å². The quantitative estimate of drug-likeness (QED) is 0.725. The molecule has 3 atom stereocenters. The largest absolute Gasteiger partial charge is 0.444 e. The van der Waals surface area contributed by atoms with Gasteiger partial charge in [-0.15, -0.1) is 0 Å². The molecule has 4 rings (SSSR count). The first-order chi connectivity index (χ1) is 13.2. The van der Waals surface area contributed by atoms with Crippen molar-refractivity contribution in [2.24, 2.45) is 11.8 Å². The van der Waals surface area contributed by atoms with Gasteiger partial charge in [0.1, 0.15) is 5.60 Å². The normalized spacial score (nSPS) is 25.9. The van der Waals surface area contributed by atoms with Crippen LogP contribution in [0.25, 0.3) is 0 Å². The van der Waals surface area contributed by atoms with Crippen LogP contribution in [-0.2, 0) is 14.4 Å². The van der Waals surface area contributed by atoms with E-state index in [-0.39, 0.29) is 23.1 Å². The highest BCUT2D eigenvalue weighted by Crippen LogP contribution is 2.50. The highest BCUT2D eigenvalue weighted by molar-refractivity contribution is 6.20. The summed E-state index contributed by atoms with van der Waals surface area (Å²) < 4.78 is 5.43. The maximum Gasteiger partial charge on any atom is 0.410 e. The van der Waals surface area contributed by atoms with Gasteiger partial charge >= 0.3 is 12.1 Å². The van der Waals surface area contributed by atoms with Gasteiger partial charge in [0.2, 0.25) is 0 Å². The summed E-state index contributed by atoms with van der Waals surface area (Å²) >= 11 is 0. The summed E-state index contributed by atoms with van der Waals surface area (Å²) in [4.78, 5) is 56.6. The van der Waals surface area contributed by atoms with Gasteiger partial charge in [-0.1, -0.05) is 17.2 Å². The summed E-state index contributed by atoms with van der Waals surface area (Å²) in [5, 5.41) is 0.523. The van der Waals surface area contributed by atoms with Crippen LogP contribution in [-0.4, -0.2) is 52.0 Å². The van der Waals surface area contributed by atoms with Crippen molar-refractivity contribution in [3.63, 3.8) is 0 Å². The van der Waals surface area contributed by atoms with E-state index in [1.54, 1.807) is 37.8 Å². The molecule has 28 heavy (non-hydrogen) atoms. The smallest absolute Gasteiger partial charge is 0.410 e. The number of piperidine rings is 1. The lowest BCUT2D eigenvalue weighted by Crippen LogP contribution is -2.42. The lowest BCUT2D eigenvalue weighted by atomic mass is 10.1. The molecule has 3 aliphatic rings. The van der Waals surface area contributed by atoms with Gasteiger partial charge in [-0.05, 0) is 51.7 Å². The number of imide groups is 1. The number of hydroxylamine groups is 2. The number of carbonyl (C=O) groups is 4. The molecule has 0 radical (unpaired) electrons. The maximum atomic E-state index is 12.7. The summed E-state index contributed by atoms with van der Waals surface area (Å²) in [6, 6.07) is 6.01. The average molecular weight is 386 g/mol. The number of hydrogen-bond donors (Lipinski definition) is 0. The molecule has 3 unspecified atom stereocenters. The fourth-order valence-corrected chi connectivity index (χ4v) is 4.03. The topological polar surface area (TPSA) is 93.2 Å². The molecule has 0 bridgehead atoms. The second-order valence-electron chi connectivity index (χ2n) is 8.36. The first-order valence-electron chi connectivity index (χ1n) is 9.38. The predicted octanol–water partition coefficient (Wildman–Crippen LogP) is 2.39. The number of hydrogen-bond acceptors (Lipinski definition) is 6. The van der Waals surface area contributed by atoms with Crippen LogP contribution in [0.15, 0.2) is 24.3 Å². The molecule has 0 N–H and O–H groups in total. The summed E-state index contributed by atoms with van der Waals surface area (Å²) in [6.07, 6.45) is 1.08. The SMILES string of the molecule is CC(C)(C)OC(=O)N1CCCC2C(C(=O)ON3C(=O)c4ccccc4C3=O)C21. The van der Waals surface area contributed by atoms with Crippen molar-refractivity contribution in [3.8, 4) is 0 Å². The molecular formula is C20H22N2O6. The Morgan fingerprint density at radius 2 is 1.68 bits per heavy atom. The molecule has 1 saturated carbocycles. The summed E-state index contributed by atoms with van der Waals surface area (Å²) in [6.45, 7) is 5.86. The first-order valence-corrected chi connectivity index (χ1v) is 9.38. The van der Waals surface area contributed by atoms with E-state index in [4.69, 9.17) is 9.57 Å². The van der Waals surface area contributed by atoms with Gasteiger partial charge in [0.05, 0.1) is 23.1 Å². The van der Waals surface area contributed by atoms with Crippen LogP contribution >= 0.6 is 0 Å². The molecule has 0 spiro atoms. The summed E-state index contributed by atoms with van der Waals surface area (Å²) in [5.74, 6) is -2.56. The Bertz CT molecular complexity index is 839. The molecule has 8 nitrogen and oxygen atoms in total. The molecular weight excluding hydrogens is 364 g/mol. The van der Waals surface area contributed by atoms with Crippen molar-refractivity contribution in [1.82, 2.24) is 9.96 Å². The Kier molecular flexibility index (Phi) is 4.17. The van der Waals surface area contributed by atoms with Gasteiger partial charge in [0.25, 0.3) is 11.8 Å². The Balaban J connectivity index is 1.45. The number of likely N-dealkylation sites (tertiary alicyclic amines) is 1. The van der Waals surface area contributed by atoms with E-state index in [0.717, 1.165) is 12.8 Å². The molecule has 2 heterocycles. The molecule has 2 fully saturated rings. The molecule has 3 amide bonds. The Morgan fingerprint density at radius 3 is 2.25 bits per heavy atom. The first kappa shape index (κ1) is 18.5. The number of fused-ring (bicyclic) bond motifs is 2. The highest BCUT2D eigenvalue weighted by atomic mass is 16.7. The Hall–Kier alpha value is -2.90. The van der Waals surface area contributed by atoms with Gasteiger partial charge in [0, 0.05) is 6.54 Å². The van der Waals surface area contributed by atoms with Gasteiger partial charge in [-0.25, -0.2) is 9.59 Å². The van der Waals surface area contributed by atoms with E-state index < -0.39 is 35.4 Å². The lowest BCUT2D eigenvalue weighted by Gasteiger charge is -2.29. The fourth-order valence-electron chi connectivity index (χ4n) is 4.03. The molecule has 0 aromatic heterocycles. The number of ether oxygens (including phenoxy) is 1. The average Bonchev–Trinajstić information content (AvgIpc) is 3.33. The minimum absolute atomic E-state index is 0.0380. The van der Waals surface area contributed by atoms with Crippen molar-refractivity contribution in [1.29, 1.82) is 0 Å². The number of nitrogens with zero attached hydrogens (tertiary/aromatic N) is 2. The van der Waals surface area contributed by atoms with Crippen LogP contribution in [0.3, 0.4) is 0 Å². The molecule has 2 aliphatic heterocycles. The number of amides is 3. The minimum atomic E-state index is -0.667. The van der Waals surface area contributed by atoms with Crippen molar-refractivity contribution in [3.05, 3.63) is 35.4 Å². The Labute approximate surface area is 162 Å². The van der Waals surface area contributed by atoms with E-state index in [0.29, 0.717) is 11.6 Å². The predicted molar refractivity (Wildman–Crippen MR) is 96.0 cm³/mol. The van der Waals surface area contributed by atoms with Crippen molar-refractivity contribution < 1.29 is 28.8 Å². The van der Waals surface area contributed by atoms with Crippen molar-refractivity contribution in [2.45, 2.75) is 45.3 Å². The molecule has 1 aromatic carbocycles. The van der Waals surface area contributed by atoms with Crippen molar-refractivity contribution in [2.75, 3.05) is 6.54 Å². The van der Waals surface area contributed by atoms with Gasteiger partial charge < -0.3 is 14.5 Å². The monoisotopic (exact) mass is 386 g/mol. The molecule has 1 saturated heterocycles. The number of rotatable bonds is 2. The standard InChI is InChI=1S/C20H22N2O6/c1-20(2,3)27-19(26)21-10-6-9-13-14(15(13)21)18(25)28-22-16(23)11-7-4-5-8-12(11)17(22)24/h4-5,7-8,13-15H,6,9-10H2,1-3H3. The number of carbonyl (C=O) groups excluding carboxylic acids is 4. The third-order valence-electron chi connectivity index (χ3n) is 5.26. The van der Waals surface area contributed by atoms with Crippen LogP contribution in [0.2, 0.25) is 0 Å². The highest BCUT2D eigenvalue weighted by Gasteiger charge is 2.62. The van der Waals surface area contributed by atoms with E-state index in [1.165, 1.54) is 12.1 Å². The summed E-state index contributed by atoms with van der Waals surface area (Å²) in [7, 11) is 0. The van der Waals surface area contributed by atoms with Crippen LogP contribution in [0.5, 0.6) is 0 Å². The lowest BCUT2D eigenvalue weighted by molar-refractivity contribution is -0.171. The minimum Gasteiger partial charge on any atom is -0.444 e. The zero-order valence-electron chi connectivity index (χ0n) is 16.0. The van der Waals surface area contributed by atoms with Crippen LogP contribution in [0.1, 0.15) is 54.3 Å². The van der Waals surface area contributed by atoms with E-state index in [9.17, 15) is 19.2 Å². The second kappa shape index (κ2) is 6.32. The molecule has 1 aliphatic carbocycles. The van der Waals surface area contributed by atoms with Gasteiger partial charge in [-0.2, -0.15) is 0 Å². The van der Waals surface area contributed by atoms with E-state index in [2.05, 4.69) is 0 Å². The fraction of sp³-hybridized carbons (Fsp3) is 0.500. The Morgan fingerprint density at radius 1 is 1.07 bits per heavy atom. The number of benzene rings is 1. The van der Waals surface area contributed by atoms with Gasteiger partial charge in [0.15, 0.2) is 0 Å². The van der Waals surface area contributed by atoms with Crippen LogP contribution in [0, 0.1) is 11.8 Å². The summed E-state index contributed by atoms with van der Waals surface area (Å²) in [5.41, 5.74) is -0.206. The molecule has 1 aromatic rings. The molecule has 148 valence electrons. The third kappa shape index (κ3) is 3.02.